The summed E-state index contributed by atoms with van der Waals surface area (Å²) in [6, 6.07) is 4.94. The third-order valence-corrected chi connectivity index (χ3v) is 2.65. The van der Waals surface area contributed by atoms with Gasteiger partial charge < -0.3 is 11.1 Å². The minimum absolute atomic E-state index is 0.147. The lowest BCUT2D eigenvalue weighted by Crippen LogP contribution is -2.19. The Morgan fingerprint density at radius 2 is 2.33 bits per heavy atom. The number of aryl methyl sites for hydroxylation is 1. The molecule has 2 aromatic rings. The first kappa shape index (κ1) is 12.4. The van der Waals surface area contributed by atoms with Gasteiger partial charge in [-0.2, -0.15) is 5.10 Å². The normalized spacial score (nSPS) is 10.3. The van der Waals surface area contributed by atoms with E-state index in [2.05, 4.69) is 10.4 Å². The van der Waals surface area contributed by atoms with E-state index in [4.69, 9.17) is 17.3 Å². The summed E-state index contributed by atoms with van der Waals surface area (Å²) in [6.07, 6.45) is 3.49. The van der Waals surface area contributed by atoms with Gasteiger partial charge in [0.25, 0.3) is 0 Å². The second-order valence-electron chi connectivity index (χ2n) is 4.00. The fourth-order valence-corrected chi connectivity index (χ4v) is 1.76. The predicted octanol–water partition coefficient (Wildman–Crippen LogP) is 2.07. The molecule has 0 radical (unpaired) electrons. The Kier molecular flexibility index (Phi) is 3.53. The zero-order valence-corrected chi connectivity index (χ0v) is 10.6. The molecule has 6 heteroatoms. The van der Waals surface area contributed by atoms with E-state index in [1.807, 2.05) is 6.92 Å². The number of carbonyl (C=O) groups excluding carboxylic acids is 1. The first-order chi connectivity index (χ1) is 8.54. The molecule has 0 fully saturated rings. The van der Waals surface area contributed by atoms with Gasteiger partial charge in [0.1, 0.15) is 6.54 Å². The van der Waals surface area contributed by atoms with Crippen molar-refractivity contribution in [3.63, 3.8) is 0 Å². The fraction of sp³-hybridized carbons (Fsp3) is 0.167. The molecule has 0 bridgehead atoms. The maximum absolute atomic E-state index is 11.8. The van der Waals surface area contributed by atoms with Crippen LogP contribution in [0, 0.1) is 6.92 Å². The summed E-state index contributed by atoms with van der Waals surface area (Å²) in [5.74, 6) is -0.190. The number of benzene rings is 1. The number of nitrogen functional groups attached to an aromatic ring is 1. The molecular weight excluding hydrogens is 252 g/mol. The van der Waals surface area contributed by atoms with E-state index in [9.17, 15) is 4.79 Å². The Hall–Kier alpha value is -2.01. The van der Waals surface area contributed by atoms with Gasteiger partial charge in [-0.1, -0.05) is 11.6 Å². The Morgan fingerprint density at radius 3 is 2.94 bits per heavy atom. The maximum Gasteiger partial charge on any atom is 0.246 e. The molecule has 0 unspecified atom stereocenters. The van der Waals surface area contributed by atoms with Crippen molar-refractivity contribution in [3.05, 3.63) is 41.2 Å². The second kappa shape index (κ2) is 5.10. The fourth-order valence-electron chi connectivity index (χ4n) is 1.52. The van der Waals surface area contributed by atoms with Crippen molar-refractivity contribution in [1.82, 2.24) is 9.78 Å². The van der Waals surface area contributed by atoms with E-state index in [1.54, 1.807) is 35.3 Å². The number of nitrogens with zero attached hydrogens (tertiary/aromatic N) is 2. The minimum atomic E-state index is -0.190. The summed E-state index contributed by atoms with van der Waals surface area (Å²) in [4.78, 5) is 11.8. The quantitative estimate of drug-likeness (QED) is 0.834. The Labute approximate surface area is 110 Å². The standard InChI is InChI=1S/C12H13ClN4O/c1-8-5-15-17(6-8)7-12(18)16-11-3-2-9(14)4-10(11)13/h2-6H,7,14H2,1H3,(H,16,18). The number of rotatable bonds is 3. The highest BCUT2D eigenvalue weighted by molar-refractivity contribution is 6.34. The summed E-state index contributed by atoms with van der Waals surface area (Å²) >= 11 is 5.96. The molecule has 0 spiro atoms. The Morgan fingerprint density at radius 1 is 1.56 bits per heavy atom. The molecule has 3 N–H and O–H groups in total. The first-order valence-corrected chi connectivity index (χ1v) is 5.76. The lowest BCUT2D eigenvalue weighted by molar-refractivity contribution is -0.116. The van der Waals surface area contributed by atoms with Gasteiger partial charge in [0.05, 0.1) is 16.9 Å². The molecular formula is C12H13ClN4O. The van der Waals surface area contributed by atoms with Gasteiger partial charge in [-0.05, 0) is 30.7 Å². The topological polar surface area (TPSA) is 72.9 Å². The lowest BCUT2D eigenvalue weighted by Gasteiger charge is -2.07. The van der Waals surface area contributed by atoms with Crippen molar-refractivity contribution in [2.24, 2.45) is 0 Å². The van der Waals surface area contributed by atoms with Crippen molar-refractivity contribution in [3.8, 4) is 0 Å². The highest BCUT2D eigenvalue weighted by atomic mass is 35.5. The monoisotopic (exact) mass is 264 g/mol. The number of anilines is 2. The van der Waals surface area contributed by atoms with Crippen molar-refractivity contribution in [2.75, 3.05) is 11.1 Å². The summed E-state index contributed by atoms with van der Waals surface area (Å²) in [5, 5.41) is 7.16. The summed E-state index contributed by atoms with van der Waals surface area (Å²) in [7, 11) is 0. The third-order valence-electron chi connectivity index (χ3n) is 2.34. The molecule has 0 aliphatic rings. The average Bonchev–Trinajstić information content (AvgIpc) is 2.68. The lowest BCUT2D eigenvalue weighted by atomic mass is 10.3. The van der Waals surface area contributed by atoms with Gasteiger partial charge in [0.15, 0.2) is 0 Å². The van der Waals surface area contributed by atoms with Gasteiger partial charge in [-0.15, -0.1) is 0 Å². The van der Waals surface area contributed by atoms with Crippen molar-refractivity contribution in [1.29, 1.82) is 0 Å². The van der Waals surface area contributed by atoms with Crippen molar-refractivity contribution < 1.29 is 4.79 Å². The summed E-state index contributed by atoms with van der Waals surface area (Å²) in [5.41, 5.74) is 7.68. The van der Waals surface area contributed by atoms with Crippen LogP contribution in [-0.2, 0) is 11.3 Å². The van der Waals surface area contributed by atoms with E-state index in [0.29, 0.717) is 16.4 Å². The Balaban J connectivity index is 2.03. The van der Waals surface area contributed by atoms with Crippen LogP contribution in [0.25, 0.3) is 0 Å². The predicted molar refractivity (Wildman–Crippen MR) is 71.5 cm³/mol. The minimum Gasteiger partial charge on any atom is -0.399 e. The SMILES string of the molecule is Cc1cnn(CC(=O)Nc2ccc(N)cc2Cl)c1. The van der Waals surface area contributed by atoms with Crippen molar-refractivity contribution in [2.45, 2.75) is 13.5 Å². The van der Waals surface area contributed by atoms with Crippen LogP contribution in [0.15, 0.2) is 30.6 Å². The smallest absolute Gasteiger partial charge is 0.246 e. The third kappa shape index (κ3) is 3.01. The van der Waals surface area contributed by atoms with Gasteiger partial charge in [0.2, 0.25) is 5.91 Å². The zero-order chi connectivity index (χ0) is 13.1. The van der Waals surface area contributed by atoms with Crippen LogP contribution in [0.3, 0.4) is 0 Å². The van der Waals surface area contributed by atoms with E-state index >= 15 is 0 Å². The Bertz CT molecular complexity index is 579. The molecule has 0 aliphatic heterocycles. The highest BCUT2D eigenvalue weighted by Crippen LogP contribution is 2.23. The van der Waals surface area contributed by atoms with E-state index in [-0.39, 0.29) is 12.5 Å². The van der Waals surface area contributed by atoms with Crippen LogP contribution >= 0.6 is 11.6 Å². The van der Waals surface area contributed by atoms with Crippen LogP contribution in [0.5, 0.6) is 0 Å². The molecule has 0 saturated carbocycles. The van der Waals surface area contributed by atoms with Crippen LogP contribution < -0.4 is 11.1 Å². The van der Waals surface area contributed by atoms with Crippen LogP contribution in [0.1, 0.15) is 5.56 Å². The number of nitrogens with two attached hydrogens (primary N) is 1. The number of carbonyl (C=O) groups is 1. The summed E-state index contributed by atoms with van der Waals surface area (Å²) < 4.78 is 1.57. The largest absolute Gasteiger partial charge is 0.399 e. The second-order valence-corrected chi connectivity index (χ2v) is 4.41. The van der Waals surface area contributed by atoms with E-state index in [0.717, 1.165) is 5.56 Å². The van der Waals surface area contributed by atoms with Crippen LogP contribution in [0.2, 0.25) is 5.02 Å². The molecule has 18 heavy (non-hydrogen) atoms. The molecule has 1 amide bonds. The van der Waals surface area contributed by atoms with Crippen molar-refractivity contribution >= 4 is 28.9 Å². The van der Waals surface area contributed by atoms with Crippen LogP contribution in [-0.4, -0.2) is 15.7 Å². The number of hydrogen-bond donors (Lipinski definition) is 2. The maximum atomic E-state index is 11.8. The highest BCUT2D eigenvalue weighted by Gasteiger charge is 2.07. The van der Waals surface area contributed by atoms with E-state index in [1.165, 1.54) is 0 Å². The molecule has 0 saturated heterocycles. The first-order valence-electron chi connectivity index (χ1n) is 5.38. The summed E-state index contributed by atoms with van der Waals surface area (Å²) in [6.45, 7) is 2.06. The van der Waals surface area contributed by atoms with Gasteiger partial charge in [-0.25, -0.2) is 0 Å². The molecule has 1 heterocycles. The molecule has 94 valence electrons. The molecule has 0 aliphatic carbocycles. The number of nitrogens with one attached hydrogen (secondary N) is 1. The zero-order valence-electron chi connectivity index (χ0n) is 9.85. The number of halogens is 1. The molecule has 5 nitrogen and oxygen atoms in total. The molecule has 2 rings (SSSR count). The molecule has 1 aromatic carbocycles. The van der Waals surface area contributed by atoms with Gasteiger partial charge >= 0.3 is 0 Å². The number of aromatic nitrogens is 2. The number of hydrogen-bond acceptors (Lipinski definition) is 3. The van der Waals surface area contributed by atoms with E-state index < -0.39 is 0 Å². The van der Waals surface area contributed by atoms with Crippen LogP contribution in [0.4, 0.5) is 11.4 Å². The van der Waals surface area contributed by atoms with Gasteiger partial charge in [0, 0.05) is 11.9 Å². The van der Waals surface area contributed by atoms with Gasteiger partial charge in [-0.3, -0.25) is 9.48 Å². The average molecular weight is 265 g/mol. The molecule has 0 atom stereocenters. The number of amides is 1. The molecule has 1 aromatic heterocycles.